The molecule has 0 bridgehead atoms. The van der Waals surface area contributed by atoms with Gasteiger partial charge >= 0.3 is 5.97 Å². The van der Waals surface area contributed by atoms with Crippen LogP contribution in [0, 0.1) is 5.92 Å². The molecular weight excluding hydrogens is 320 g/mol. The van der Waals surface area contributed by atoms with Gasteiger partial charge in [-0.1, -0.05) is 17.3 Å². The first-order chi connectivity index (χ1) is 12.2. The van der Waals surface area contributed by atoms with E-state index >= 15 is 0 Å². The Bertz CT molecular complexity index is 713. The second-order valence-corrected chi connectivity index (χ2v) is 6.24. The number of benzene rings is 1. The lowest BCUT2D eigenvalue weighted by molar-refractivity contribution is -0.150. The Balaban J connectivity index is 1.71. The van der Waals surface area contributed by atoms with Gasteiger partial charge in [-0.15, -0.1) is 0 Å². The van der Waals surface area contributed by atoms with Gasteiger partial charge in [0.1, 0.15) is 5.75 Å². The molecule has 6 nitrogen and oxygen atoms in total. The lowest BCUT2D eigenvalue weighted by Crippen LogP contribution is -2.38. The maximum Gasteiger partial charge on any atom is 0.310 e. The van der Waals surface area contributed by atoms with Crippen LogP contribution in [0.3, 0.4) is 0 Å². The average molecular weight is 344 g/mol. The highest BCUT2D eigenvalue weighted by atomic mass is 16.5. The summed E-state index contributed by atoms with van der Waals surface area (Å²) in [4.78, 5) is 14.3. The van der Waals surface area contributed by atoms with Crippen molar-refractivity contribution in [2.45, 2.75) is 26.3 Å². The Hall–Kier alpha value is -2.34. The SMILES string of the molecule is CCOC(=O)[C@H]1CCCN(Cc2cnoc2-c2cccc(OC)c2)C1. The third-order valence-electron chi connectivity index (χ3n) is 4.50. The van der Waals surface area contributed by atoms with Crippen LogP contribution in [0.5, 0.6) is 5.75 Å². The van der Waals surface area contributed by atoms with Gasteiger partial charge in [0.2, 0.25) is 0 Å². The molecule has 1 aromatic heterocycles. The minimum Gasteiger partial charge on any atom is -0.497 e. The van der Waals surface area contributed by atoms with Crippen molar-refractivity contribution in [3.8, 4) is 17.1 Å². The van der Waals surface area contributed by atoms with Crippen LogP contribution in [0.1, 0.15) is 25.3 Å². The highest BCUT2D eigenvalue weighted by Gasteiger charge is 2.27. The van der Waals surface area contributed by atoms with E-state index in [9.17, 15) is 4.79 Å². The van der Waals surface area contributed by atoms with Crippen molar-refractivity contribution < 1.29 is 18.8 Å². The minimum atomic E-state index is -0.0921. The van der Waals surface area contributed by atoms with Crippen molar-refractivity contribution in [2.75, 3.05) is 26.8 Å². The number of ether oxygens (including phenoxy) is 2. The monoisotopic (exact) mass is 344 g/mol. The molecule has 134 valence electrons. The zero-order valence-corrected chi connectivity index (χ0v) is 14.7. The first-order valence-electron chi connectivity index (χ1n) is 8.68. The van der Waals surface area contributed by atoms with Gasteiger partial charge in [0.25, 0.3) is 0 Å². The molecule has 1 aromatic carbocycles. The smallest absolute Gasteiger partial charge is 0.310 e. The highest BCUT2D eigenvalue weighted by Crippen LogP contribution is 2.29. The third-order valence-corrected chi connectivity index (χ3v) is 4.50. The molecule has 25 heavy (non-hydrogen) atoms. The molecule has 0 aliphatic carbocycles. The van der Waals surface area contributed by atoms with Crippen LogP contribution in [0.15, 0.2) is 35.0 Å². The standard InChI is InChI=1S/C19H24N2O4/c1-3-24-19(22)15-7-5-9-21(12-15)13-16-11-20-25-18(16)14-6-4-8-17(10-14)23-2/h4,6,8,10-11,15H,3,5,7,9,12-13H2,1-2H3/t15-/m0/s1. The molecule has 0 saturated carbocycles. The molecule has 1 atom stereocenters. The molecule has 6 heteroatoms. The van der Waals surface area contributed by atoms with E-state index in [2.05, 4.69) is 10.1 Å². The van der Waals surface area contributed by atoms with Gasteiger partial charge in [-0.2, -0.15) is 0 Å². The fraction of sp³-hybridized carbons (Fsp3) is 0.474. The van der Waals surface area contributed by atoms with Crippen LogP contribution >= 0.6 is 0 Å². The molecule has 1 fully saturated rings. The van der Waals surface area contributed by atoms with Crippen LogP contribution in [-0.4, -0.2) is 42.8 Å². The van der Waals surface area contributed by atoms with Gasteiger partial charge in [0.05, 0.1) is 25.8 Å². The Morgan fingerprint density at radius 2 is 2.32 bits per heavy atom. The Labute approximate surface area is 147 Å². The van der Waals surface area contributed by atoms with Crippen LogP contribution in [0.25, 0.3) is 11.3 Å². The number of hydrogen-bond donors (Lipinski definition) is 0. The van der Waals surface area contributed by atoms with Crippen molar-refractivity contribution >= 4 is 5.97 Å². The van der Waals surface area contributed by atoms with E-state index in [4.69, 9.17) is 14.0 Å². The van der Waals surface area contributed by atoms with E-state index in [1.807, 2.05) is 31.2 Å². The highest BCUT2D eigenvalue weighted by molar-refractivity contribution is 5.72. The average Bonchev–Trinajstić information content (AvgIpc) is 3.10. The molecule has 0 N–H and O–H groups in total. The van der Waals surface area contributed by atoms with Crippen molar-refractivity contribution in [1.29, 1.82) is 0 Å². The van der Waals surface area contributed by atoms with Crippen molar-refractivity contribution in [1.82, 2.24) is 10.1 Å². The summed E-state index contributed by atoms with van der Waals surface area (Å²) in [5.41, 5.74) is 1.95. The van der Waals surface area contributed by atoms with Crippen LogP contribution in [0.4, 0.5) is 0 Å². The van der Waals surface area contributed by atoms with E-state index in [-0.39, 0.29) is 11.9 Å². The molecule has 1 saturated heterocycles. The number of hydrogen-bond acceptors (Lipinski definition) is 6. The number of likely N-dealkylation sites (tertiary alicyclic amines) is 1. The van der Waals surface area contributed by atoms with Crippen LogP contribution in [0.2, 0.25) is 0 Å². The summed E-state index contributed by atoms with van der Waals surface area (Å²) in [5, 5.41) is 3.97. The van der Waals surface area contributed by atoms with Crippen molar-refractivity contribution in [3.63, 3.8) is 0 Å². The lowest BCUT2D eigenvalue weighted by Gasteiger charge is -2.31. The van der Waals surface area contributed by atoms with Gasteiger partial charge in [0, 0.05) is 24.2 Å². The molecule has 1 aliphatic rings. The predicted octanol–water partition coefficient (Wildman–Crippen LogP) is 3.13. The lowest BCUT2D eigenvalue weighted by atomic mass is 9.97. The van der Waals surface area contributed by atoms with Crippen LogP contribution in [-0.2, 0) is 16.1 Å². The zero-order valence-electron chi connectivity index (χ0n) is 14.7. The summed E-state index contributed by atoms with van der Waals surface area (Å²) in [6.45, 7) is 4.64. The number of carbonyl (C=O) groups excluding carboxylic acids is 1. The summed E-state index contributed by atoms with van der Waals surface area (Å²) in [5.74, 6) is 1.39. The Kier molecular flexibility index (Phi) is 5.71. The molecule has 2 heterocycles. The van der Waals surface area contributed by atoms with Crippen molar-refractivity contribution in [2.24, 2.45) is 5.92 Å². The fourth-order valence-electron chi connectivity index (χ4n) is 3.27. The molecule has 3 rings (SSSR count). The summed E-state index contributed by atoms with van der Waals surface area (Å²) in [6, 6.07) is 7.73. The Morgan fingerprint density at radius 1 is 1.44 bits per heavy atom. The topological polar surface area (TPSA) is 64.8 Å². The predicted molar refractivity (Wildman–Crippen MR) is 93.1 cm³/mol. The zero-order chi connectivity index (χ0) is 17.6. The largest absolute Gasteiger partial charge is 0.497 e. The van der Waals surface area contributed by atoms with E-state index in [0.717, 1.165) is 42.0 Å². The molecule has 1 aliphatic heterocycles. The molecule has 0 amide bonds. The number of carbonyl (C=O) groups is 1. The second-order valence-electron chi connectivity index (χ2n) is 6.24. The molecular formula is C19H24N2O4. The first-order valence-corrected chi connectivity index (χ1v) is 8.68. The number of piperidine rings is 1. The van der Waals surface area contributed by atoms with E-state index in [0.29, 0.717) is 19.7 Å². The summed E-state index contributed by atoms with van der Waals surface area (Å²) in [7, 11) is 1.64. The van der Waals surface area contributed by atoms with E-state index in [1.54, 1.807) is 13.3 Å². The maximum atomic E-state index is 12.0. The van der Waals surface area contributed by atoms with E-state index < -0.39 is 0 Å². The number of methoxy groups -OCH3 is 1. The van der Waals surface area contributed by atoms with Gasteiger partial charge in [-0.3, -0.25) is 9.69 Å². The molecule has 0 spiro atoms. The van der Waals surface area contributed by atoms with Gasteiger partial charge < -0.3 is 14.0 Å². The number of nitrogens with zero attached hydrogens (tertiary/aromatic N) is 2. The first kappa shape index (κ1) is 17.5. The van der Waals surface area contributed by atoms with Gasteiger partial charge in [-0.05, 0) is 38.4 Å². The number of aromatic nitrogens is 1. The summed E-state index contributed by atoms with van der Waals surface area (Å²) < 4.78 is 15.9. The number of esters is 1. The van der Waals surface area contributed by atoms with Crippen LogP contribution < -0.4 is 4.74 Å². The summed E-state index contributed by atoms with van der Waals surface area (Å²) in [6.07, 6.45) is 3.63. The normalized spacial score (nSPS) is 18.1. The maximum absolute atomic E-state index is 12.0. The molecule has 0 radical (unpaired) electrons. The third kappa shape index (κ3) is 4.20. The van der Waals surface area contributed by atoms with Gasteiger partial charge in [-0.25, -0.2) is 0 Å². The van der Waals surface area contributed by atoms with Crippen molar-refractivity contribution in [3.05, 3.63) is 36.0 Å². The summed E-state index contributed by atoms with van der Waals surface area (Å²) >= 11 is 0. The minimum absolute atomic E-state index is 0.0474. The molecule has 0 unspecified atom stereocenters. The Morgan fingerprint density at radius 3 is 3.12 bits per heavy atom. The van der Waals surface area contributed by atoms with E-state index in [1.165, 1.54) is 0 Å². The number of rotatable bonds is 6. The second kappa shape index (κ2) is 8.16. The molecule has 2 aromatic rings. The quantitative estimate of drug-likeness (QED) is 0.750. The van der Waals surface area contributed by atoms with Gasteiger partial charge in [0.15, 0.2) is 5.76 Å². The fourth-order valence-corrected chi connectivity index (χ4v) is 3.27.